The Bertz CT molecular complexity index is 2830. The second-order valence-corrected chi connectivity index (χ2v) is 31.5. The van der Waals surface area contributed by atoms with Crippen molar-refractivity contribution in [1.82, 2.24) is 0 Å². The fourth-order valence-corrected chi connectivity index (χ4v) is 12.8. The Kier molecular flexibility index (Phi) is 81.5. The number of esters is 3. The molecule has 0 bridgehead atoms. The number of carbonyl (C=O) groups excluding carboxylic acids is 3. The van der Waals surface area contributed by atoms with E-state index in [-0.39, 0.29) is 19.3 Å². The summed E-state index contributed by atoms with van der Waals surface area (Å²) in [6.07, 6.45) is 113. The van der Waals surface area contributed by atoms with Gasteiger partial charge in [-0.05, 0) is 167 Å². The van der Waals surface area contributed by atoms with E-state index in [4.69, 9.17) is 32.3 Å². The third-order valence-electron chi connectivity index (χ3n) is 17.8. The number of allylic oxidation sites excluding steroid dienone is 32. The van der Waals surface area contributed by atoms with Gasteiger partial charge in [-0.15, -0.1) is 0 Å². The van der Waals surface area contributed by atoms with Crippen molar-refractivity contribution in [3.05, 3.63) is 194 Å². The zero-order chi connectivity index (χ0) is 82.2. The zero-order valence-electron chi connectivity index (χ0n) is 70.5. The molecule has 0 saturated carbocycles. The van der Waals surface area contributed by atoms with Crippen LogP contribution in [0.2, 0.25) is 0 Å². The third-order valence-corrected chi connectivity index (χ3v) is 19.7. The van der Waals surface area contributed by atoms with Crippen LogP contribution in [0, 0.1) is 0 Å². The second-order valence-electron chi connectivity index (χ2n) is 28.6. The number of hydrogen-bond donors (Lipinski definition) is 4. The summed E-state index contributed by atoms with van der Waals surface area (Å²) < 4.78 is 61.4. The summed E-state index contributed by atoms with van der Waals surface area (Å²) in [5.74, 6) is -1.62. The molecule has 0 fully saturated rings. The molecule has 113 heavy (non-hydrogen) atoms. The van der Waals surface area contributed by atoms with E-state index in [0.29, 0.717) is 19.3 Å². The normalized spacial score (nSPS) is 14.8. The van der Waals surface area contributed by atoms with Crippen LogP contribution in [-0.2, 0) is 55.8 Å². The van der Waals surface area contributed by atoms with Crippen molar-refractivity contribution < 1.29 is 75.8 Å². The van der Waals surface area contributed by atoms with Gasteiger partial charge in [-0.3, -0.25) is 32.5 Å². The molecule has 0 aromatic heterocycles. The number of carbonyl (C=O) groups is 3. The molecule has 5 unspecified atom stereocenters. The minimum atomic E-state index is -4.96. The first-order valence-electron chi connectivity index (χ1n) is 43.7. The molecule has 0 aliphatic heterocycles. The van der Waals surface area contributed by atoms with E-state index in [1.165, 1.54) is 70.6 Å². The van der Waals surface area contributed by atoms with Gasteiger partial charge in [0.05, 0.1) is 26.4 Å². The summed E-state index contributed by atoms with van der Waals surface area (Å²) in [4.78, 5) is 58.9. The number of rotatable bonds is 81. The molecule has 642 valence electrons. The van der Waals surface area contributed by atoms with Crippen LogP contribution in [0.5, 0.6) is 0 Å². The third kappa shape index (κ3) is 87.1. The SMILES string of the molecule is CC/C=C\C/C=C\C/C=C\C/C=C\C/C=C\C/C=C\CCCCCCCCCCCCCCC(=O)OCC(O)COP(=O)(O)OCC(O)COP(=O)(O)OCC(COC(=O)CCCCCCCC/C=C\C/C=C\C/C=C\C/C=C\C/C=C\C/C=C\CC)OC(=O)CCCCCCC/C=C\C/C=C\C/C=C\C/C=C\CCCCC. The molecule has 0 aromatic carbocycles. The van der Waals surface area contributed by atoms with E-state index in [2.05, 4.69) is 215 Å². The van der Waals surface area contributed by atoms with Crippen molar-refractivity contribution in [3.63, 3.8) is 0 Å². The molecule has 16 nitrogen and oxygen atoms in total. The lowest BCUT2D eigenvalue weighted by Gasteiger charge is -2.21. The van der Waals surface area contributed by atoms with Gasteiger partial charge >= 0.3 is 33.6 Å². The smallest absolute Gasteiger partial charge is 0.463 e. The maximum absolute atomic E-state index is 13.0. The molecule has 0 saturated heterocycles. The van der Waals surface area contributed by atoms with Gasteiger partial charge in [-0.25, -0.2) is 9.13 Å². The molecule has 0 radical (unpaired) electrons. The van der Waals surface area contributed by atoms with Gasteiger partial charge in [0.25, 0.3) is 0 Å². The first-order valence-corrected chi connectivity index (χ1v) is 46.7. The highest BCUT2D eigenvalue weighted by Gasteiger charge is 2.29. The van der Waals surface area contributed by atoms with Crippen LogP contribution < -0.4 is 0 Å². The molecule has 0 heterocycles. The van der Waals surface area contributed by atoms with Gasteiger partial charge in [0.2, 0.25) is 0 Å². The maximum Gasteiger partial charge on any atom is 0.472 e. The van der Waals surface area contributed by atoms with Crippen LogP contribution in [0.1, 0.15) is 329 Å². The highest BCUT2D eigenvalue weighted by molar-refractivity contribution is 7.47. The highest BCUT2D eigenvalue weighted by Crippen LogP contribution is 2.45. The average Bonchev–Trinajstić information content (AvgIpc) is 0.900. The number of unbranched alkanes of at least 4 members (excludes halogenated alkanes) is 26. The van der Waals surface area contributed by atoms with E-state index in [9.17, 15) is 43.5 Å². The van der Waals surface area contributed by atoms with E-state index in [0.717, 1.165) is 199 Å². The lowest BCUT2D eigenvalue weighted by molar-refractivity contribution is -0.161. The molecular weight excluding hydrogens is 1460 g/mol. The predicted molar refractivity (Wildman–Crippen MR) is 472 cm³/mol. The Labute approximate surface area is 687 Å². The van der Waals surface area contributed by atoms with Crippen LogP contribution >= 0.6 is 15.6 Å². The summed E-state index contributed by atoms with van der Waals surface area (Å²) >= 11 is 0. The van der Waals surface area contributed by atoms with Gasteiger partial charge < -0.3 is 34.2 Å². The molecule has 4 N–H and O–H groups in total. The topological polar surface area (TPSA) is 231 Å². The summed E-state index contributed by atoms with van der Waals surface area (Å²) in [7, 11) is -9.83. The van der Waals surface area contributed by atoms with Crippen LogP contribution in [0.25, 0.3) is 0 Å². The van der Waals surface area contributed by atoms with Crippen molar-refractivity contribution >= 4 is 33.6 Å². The molecular formula is C95H156O16P2. The summed E-state index contributed by atoms with van der Waals surface area (Å²) in [5.41, 5.74) is 0. The fourth-order valence-electron chi connectivity index (χ4n) is 11.2. The van der Waals surface area contributed by atoms with Crippen LogP contribution in [0.3, 0.4) is 0 Å². The van der Waals surface area contributed by atoms with E-state index in [1.807, 2.05) is 0 Å². The first-order chi connectivity index (χ1) is 55.2. The van der Waals surface area contributed by atoms with Crippen molar-refractivity contribution in [2.24, 2.45) is 0 Å². The molecule has 0 aliphatic carbocycles. The number of aliphatic hydroxyl groups excluding tert-OH is 2. The van der Waals surface area contributed by atoms with Crippen LogP contribution in [0.4, 0.5) is 0 Å². The average molecular weight is 1620 g/mol. The van der Waals surface area contributed by atoms with Crippen molar-refractivity contribution in [3.8, 4) is 0 Å². The molecule has 5 atom stereocenters. The summed E-state index contributed by atoms with van der Waals surface area (Å²) in [6, 6.07) is 0. The maximum atomic E-state index is 13.0. The minimum Gasteiger partial charge on any atom is -0.463 e. The standard InChI is InChI=1S/C95H156O16P2/c1-4-7-10-13-16-19-22-25-28-31-34-37-39-41-42-43-44-45-46-48-50-52-54-57-60-63-66-69-72-75-78-81-93(98)105-84-90(96)85-107-112(101,102)108-86-91(97)87-109-113(103,104)110-89-92(111-95(100)83-80-77-74-71-68-65-62-59-56-51-36-33-30-27-24-21-18-15-12-9-6-3)88-106-94(99)82-79-76-73-70-67-64-61-58-55-53-49-47-40-38-35-32-29-26-23-20-17-14-11-8-5-2/h7-8,10-11,16-21,25-30,34-38,41-42,44-45,47,49,51,55,58-59,62,90-92,96-97H,4-6,9,12-15,22-24,31-33,39-40,43,46,48,50,52-54,56-57,60-61,63-89H2,1-3H3,(H,101,102)(H,103,104)/b10-7-,11-8-,19-16-,20-17-,21-18-,28-25-,29-26-,30-27-,37-34-,38-35-,42-41-,45-44-,49-47-,51-36-,58-55-,62-59-. The number of ether oxygens (including phenoxy) is 3. The lowest BCUT2D eigenvalue weighted by Crippen LogP contribution is -2.30. The highest BCUT2D eigenvalue weighted by atomic mass is 31.2. The zero-order valence-corrected chi connectivity index (χ0v) is 72.3. The monoisotopic (exact) mass is 1620 g/mol. The Morgan fingerprint density at radius 3 is 0.743 bits per heavy atom. The minimum absolute atomic E-state index is 0.0730. The van der Waals surface area contributed by atoms with Crippen molar-refractivity contribution in [2.45, 2.75) is 347 Å². The van der Waals surface area contributed by atoms with Gasteiger partial charge in [-0.1, -0.05) is 337 Å². The number of aliphatic hydroxyl groups is 2. The lowest BCUT2D eigenvalue weighted by atomic mass is 10.0. The van der Waals surface area contributed by atoms with Crippen molar-refractivity contribution in [2.75, 3.05) is 39.6 Å². The first kappa shape index (κ1) is 107. The van der Waals surface area contributed by atoms with Gasteiger partial charge in [-0.2, -0.15) is 0 Å². The Morgan fingerprint density at radius 2 is 0.469 bits per heavy atom. The van der Waals surface area contributed by atoms with E-state index < -0.39 is 91.5 Å². The van der Waals surface area contributed by atoms with E-state index in [1.54, 1.807) is 0 Å². The van der Waals surface area contributed by atoms with E-state index >= 15 is 0 Å². The Hall–Kier alpha value is -5.61. The van der Waals surface area contributed by atoms with Gasteiger partial charge in [0.15, 0.2) is 6.10 Å². The van der Waals surface area contributed by atoms with Crippen LogP contribution in [0.15, 0.2) is 194 Å². The van der Waals surface area contributed by atoms with Gasteiger partial charge in [0.1, 0.15) is 25.4 Å². The molecule has 18 heteroatoms. The van der Waals surface area contributed by atoms with Crippen LogP contribution in [-0.4, -0.2) is 95.9 Å². The number of hydrogen-bond acceptors (Lipinski definition) is 14. The number of phosphoric acid groups is 2. The Morgan fingerprint density at radius 1 is 0.257 bits per heavy atom. The summed E-state index contributed by atoms with van der Waals surface area (Å²) in [6.45, 7) is 2.39. The Balaban J connectivity index is 4.66. The molecule has 0 aliphatic rings. The molecule has 0 aromatic rings. The molecule has 0 rings (SSSR count). The quantitative estimate of drug-likeness (QED) is 0.0146. The predicted octanol–water partition coefficient (Wildman–Crippen LogP) is 26.7. The largest absolute Gasteiger partial charge is 0.472 e. The fraction of sp³-hybridized carbons (Fsp3) is 0.632. The molecule has 0 amide bonds. The summed E-state index contributed by atoms with van der Waals surface area (Å²) in [5, 5.41) is 20.7. The number of phosphoric ester groups is 2. The van der Waals surface area contributed by atoms with Crippen molar-refractivity contribution in [1.29, 1.82) is 0 Å². The second kappa shape index (κ2) is 85.8. The van der Waals surface area contributed by atoms with Gasteiger partial charge in [0, 0.05) is 19.3 Å². The molecule has 0 spiro atoms.